The zero-order valence-electron chi connectivity index (χ0n) is 11.5. The SMILES string of the molecule is CCC1(c2nc(Cc3cccc(Cl)c3)no2)CCCN1. The van der Waals surface area contributed by atoms with E-state index in [-0.39, 0.29) is 5.54 Å². The van der Waals surface area contributed by atoms with E-state index >= 15 is 0 Å². The Labute approximate surface area is 123 Å². The summed E-state index contributed by atoms with van der Waals surface area (Å²) in [5, 5.41) is 8.34. The van der Waals surface area contributed by atoms with Gasteiger partial charge in [-0.15, -0.1) is 0 Å². The van der Waals surface area contributed by atoms with Crippen LogP contribution in [0.25, 0.3) is 0 Å². The summed E-state index contributed by atoms with van der Waals surface area (Å²) in [6, 6.07) is 7.75. The van der Waals surface area contributed by atoms with Crippen LogP contribution in [-0.4, -0.2) is 16.7 Å². The minimum Gasteiger partial charge on any atom is -0.337 e. The Hall–Kier alpha value is -1.39. The number of rotatable bonds is 4. The zero-order chi connectivity index (χ0) is 14.0. The van der Waals surface area contributed by atoms with Gasteiger partial charge in [0, 0.05) is 11.4 Å². The summed E-state index contributed by atoms with van der Waals surface area (Å²) < 4.78 is 5.49. The minimum absolute atomic E-state index is 0.125. The molecule has 2 heterocycles. The number of halogens is 1. The molecule has 1 fully saturated rings. The molecule has 1 unspecified atom stereocenters. The third-order valence-electron chi connectivity index (χ3n) is 3.98. The summed E-state index contributed by atoms with van der Waals surface area (Å²) in [7, 11) is 0. The molecule has 4 nitrogen and oxygen atoms in total. The van der Waals surface area contributed by atoms with E-state index in [4.69, 9.17) is 16.1 Å². The summed E-state index contributed by atoms with van der Waals surface area (Å²) in [6.07, 6.45) is 3.82. The molecule has 0 spiro atoms. The third-order valence-corrected chi connectivity index (χ3v) is 4.21. The average Bonchev–Trinajstić information content (AvgIpc) is 3.08. The van der Waals surface area contributed by atoms with Gasteiger partial charge in [-0.1, -0.05) is 35.8 Å². The molecule has 1 atom stereocenters. The van der Waals surface area contributed by atoms with Crippen molar-refractivity contribution in [2.75, 3.05) is 6.54 Å². The van der Waals surface area contributed by atoms with Gasteiger partial charge in [-0.05, 0) is 43.5 Å². The molecule has 1 saturated heterocycles. The quantitative estimate of drug-likeness (QED) is 0.939. The molecule has 2 aromatic rings. The Kier molecular flexibility index (Phi) is 3.76. The summed E-state index contributed by atoms with van der Waals surface area (Å²) in [5.41, 5.74) is 0.967. The van der Waals surface area contributed by atoms with Crippen molar-refractivity contribution in [2.45, 2.75) is 38.1 Å². The summed E-state index contributed by atoms with van der Waals surface area (Å²) >= 11 is 5.99. The number of nitrogens with one attached hydrogen (secondary N) is 1. The van der Waals surface area contributed by atoms with Crippen molar-refractivity contribution in [2.24, 2.45) is 0 Å². The van der Waals surface area contributed by atoms with Gasteiger partial charge in [-0.3, -0.25) is 0 Å². The first-order valence-electron chi connectivity index (χ1n) is 7.04. The molecule has 1 aliphatic rings. The zero-order valence-corrected chi connectivity index (χ0v) is 12.3. The van der Waals surface area contributed by atoms with Gasteiger partial charge in [0.1, 0.15) is 0 Å². The van der Waals surface area contributed by atoms with Crippen LogP contribution in [0.2, 0.25) is 5.02 Å². The first-order chi connectivity index (χ1) is 9.72. The van der Waals surface area contributed by atoms with Crippen molar-refractivity contribution in [3.05, 3.63) is 46.6 Å². The molecule has 3 rings (SSSR count). The van der Waals surface area contributed by atoms with E-state index in [9.17, 15) is 0 Å². The van der Waals surface area contributed by atoms with Crippen LogP contribution in [0.5, 0.6) is 0 Å². The van der Waals surface area contributed by atoms with Gasteiger partial charge >= 0.3 is 0 Å². The van der Waals surface area contributed by atoms with Crippen molar-refractivity contribution in [1.29, 1.82) is 0 Å². The van der Waals surface area contributed by atoms with Gasteiger partial charge in [0.2, 0.25) is 5.89 Å². The van der Waals surface area contributed by atoms with Gasteiger partial charge < -0.3 is 9.84 Å². The van der Waals surface area contributed by atoms with Gasteiger partial charge in [0.05, 0.1) is 5.54 Å². The lowest BCUT2D eigenvalue weighted by Crippen LogP contribution is -2.36. The lowest BCUT2D eigenvalue weighted by molar-refractivity contribution is 0.249. The van der Waals surface area contributed by atoms with Crippen LogP contribution >= 0.6 is 11.6 Å². The monoisotopic (exact) mass is 291 g/mol. The highest BCUT2D eigenvalue weighted by Gasteiger charge is 2.38. The molecule has 0 amide bonds. The van der Waals surface area contributed by atoms with E-state index in [2.05, 4.69) is 22.4 Å². The molecule has 20 heavy (non-hydrogen) atoms. The number of hydrogen-bond acceptors (Lipinski definition) is 4. The maximum absolute atomic E-state index is 5.99. The average molecular weight is 292 g/mol. The second-order valence-electron chi connectivity index (χ2n) is 5.29. The van der Waals surface area contributed by atoms with Crippen molar-refractivity contribution in [3.63, 3.8) is 0 Å². The molecular formula is C15H18ClN3O. The topological polar surface area (TPSA) is 51.0 Å². The largest absolute Gasteiger partial charge is 0.337 e. The van der Waals surface area contributed by atoms with Crippen molar-refractivity contribution in [1.82, 2.24) is 15.5 Å². The molecule has 0 aliphatic carbocycles. The molecule has 1 aliphatic heterocycles. The highest BCUT2D eigenvalue weighted by molar-refractivity contribution is 6.30. The van der Waals surface area contributed by atoms with E-state index in [0.29, 0.717) is 12.2 Å². The molecule has 1 aromatic heterocycles. The third kappa shape index (κ3) is 2.58. The smallest absolute Gasteiger partial charge is 0.246 e. The Morgan fingerprint density at radius 3 is 3.05 bits per heavy atom. The second kappa shape index (κ2) is 5.54. The summed E-state index contributed by atoms with van der Waals surface area (Å²) in [4.78, 5) is 4.58. The van der Waals surface area contributed by atoms with Crippen LogP contribution < -0.4 is 5.32 Å². The van der Waals surface area contributed by atoms with Crippen LogP contribution in [0.4, 0.5) is 0 Å². The maximum Gasteiger partial charge on any atom is 0.246 e. The molecule has 5 heteroatoms. The molecule has 106 valence electrons. The first-order valence-corrected chi connectivity index (χ1v) is 7.42. The molecule has 0 radical (unpaired) electrons. The van der Waals surface area contributed by atoms with Crippen LogP contribution in [0.15, 0.2) is 28.8 Å². The second-order valence-corrected chi connectivity index (χ2v) is 5.72. The molecule has 1 N–H and O–H groups in total. The predicted molar refractivity (Wildman–Crippen MR) is 77.8 cm³/mol. The Morgan fingerprint density at radius 2 is 2.35 bits per heavy atom. The summed E-state index contributed by atoms with van der Waals surface area (Å²) in [6.45, 7) is 3.17. The highest BCUT2D eigenvalue weighted by atomic mass is 35.5. The maximum atomic E-state index is 5.99. The standard InChI is InChI=1S/C15H18ClN3O/c1-2-15(7-4-8-17-15)14-18-13(19-20-14)10-11-5-3-6-12(16)9-11/h3,5-6,9,17H,2,4,7-8,10H2,1H3. The Balaban J connectivity index is 1.80. The molecular weight excluding hydrogens is 274 g/mol. The fourth-order valence-corrected chi connectivity index (χ4v) is 3.00. The number of benzene rings is 1. The molecule has 1 aromatic carbocycles. The van der Waals surface area contributed by atoms with E-state index in [1.165, 1.54) is 0 Å². The lowest BCUT2D eigenvalue weighted by Gasteiger charge is -2.22. The van der Waals surface area contributed by atoms with Gasteiger partial charge in [0.15, 0.2) is 5.82 Å². The van der Waals surface area contributed by atoms with Crippen LogP contribution in [0.3, 0.4) is 0 Å². The number of hydrogen-bond donors (Lipinski definition) is 1. The lowest BCUT2D eigenvalue weighted by atomic mass is 9.94. The highest BCUT2D eigenvalue weighted by Crippen LogP contribution is 2.32. The normalized spacial score (nSPS) is 22.3. The van der Waals surface area contributed by atoms with Crippen molar-refractivity contribution >= 4 is 11.6 Å². The Morgan fingerprint density at radius 1 is 1.45 bits per heavy atom. The summed E-state index contributed by atoms with van der Waals surface area (Å²) in [5.74, 6) is 1.43. The van der Waals surface area contributed by atoms with Crippen LogP contribution in [0.1, 0.15) is 43.5 Å². The molecule has 0 bridgehead atoms. The van der Waals surface area contributed by atoms with E-state index in [1.54, 1.807) is 0 Å². The fraction of sp³-hybridized carbons (Fsp3) is 0.467. The minimum atomic E-state index is -0.125. The van der Waals surface area contributed by atoms with Gasteiger partial charge in [0.25, 0.3) is 0 Å². The predicted octanol–water partition coefficient (Wildman–Crippen LogP) is 3.30. The fourth-order valence-electron chi connectivity index (χ4n) is 2.79. The van der Waals surface area contributed by atoms with Crippen molar-refractivity contribution < 1.29 is 4.52 Å². The number of nitrogens with zero attached hydrogens (tertiary/aromatic N) is 2. The van der Waals surface area contributed by atoms with E-state index in [1.807, 2.05) is 24.3 Å². The first kappa shape index (κ1) is 13.6. The molecule has 0 saturated carbocycles. The van der Waals surface area contributed by atoms with Gasteiger partial charge in [-0.2, -0.15) is 4.98 Å². The van der Waals surface area contributed by atoms with E-state index < -0.39 is 0 Å². The van der Waals surface area contributed by atoms with Gasteiger partial charge in [-0.25, -0.2) is 0 Å². The van der Waals surface area contributed by atoms with Crippen molar-refractivity contribution in [3.8, 4) is 0 Å². The number of aromatic nitrogens is 2. The van der Waals surface area contributed by atoms with Crippen LogP contribution in [0, 0.1) is 0 Å². The Bertz CT molecular complexity index is 590. The van der Waals surface area contributed by atoms with Crippen LogP contribution in [-0.2, 0) is 12.0 Å². The van der Waals surface area contributed by atoms with E-state index in [0.717, 1.165) is 42.3 Å².